The van der Waals surface area contributed by atoms with Gasteiger partial charge in [0, 0.05) is 0 Å². The Morgan fingerprint density at radius 3 is 1.61 bits per heavy atom. The van der Waals surface area contributed by atoms with Crippen molar-refractivity contribution in [3.05, 3.63) is 12.2 Å². The number of hydrogen-bond acceptors (Lipinski definition) is 6. The predicted octanol–water partition coefficient (Wildman–Crippen LogP) is 2.42. The summed E-state index contributed by atoms with van der Waals surface area (Å²) in [5.74, 6) is 0. The first-order valence-electron chi connectivity index (χ1n) is 5.81. The summed E-state index contributed by atoms with van der Waals surface area (Å²) >= 11 is 0. The second-order valence-electron chi connectivity index (χ2n) is 3.85. The maximum Gasteiger partial charge on any atom is 0.508 e. The highest BCUT2D eigenvalue weighted by atomic mass is 16.7. The van der Waals surface area contributed by atoms with E-state index < -0.39 is 24.5 Å². The Bertz CT molecular complexity index is 282. The summed E-state index contributed by atoms with van der Waals surface area (Å²) < 4.78 is 19.1. The van der Waals surface area contributed by atoms with Gasteiger partial charge in [0.25, 0.3) is 0 Å². The lowest BCUT2D eigenvalue weighted by atomic mass is 10.0. The third-order valence-electron chi connectivity index (χ3n) is 2.65. The molecule has 2 unspecified atom stereocenters. The van der Waals surface area contributed by atoms with Gasteiger partial charge in [-0.15, -0.1) is 0 Å². The second kappa shape index (κ2) is 7.58. The Morgan fingerprint density at radius 1 is 0.889 bits per heavy atom. The van der Waals surface area contributed by atoms with Crippen molar-refractivity contribution >= 4 is 12.3 Å². The fraction of sp³-hybridized carbons (Fsp3) is 0.667. The molecule has 1 aliphatic rings. The van der Waals surface area contributed by atoms with Crippen molar-refractivity contribution in [1.82, 2.24) is 0 Å². The van der Waals surface area contributed by atoms with Crippen LogP contribution in [0.2, 0.25) is 0 Å². The lowest BCUT2D eigenvalue weighted by Gasteiger charge is -2.26. The molecule has 0 aromatic heterocycles. The van der Waals surface area contributed by atoms with E-state index >= 15 is 0 Å². The number of carbonyl (C=O) groups excluding carboxylic acids is 2. The Morgan fingerprint density at radius 2 is 1.28 bits per heavy atom. The molecule has 1 aliphatic carbocycles. The van der Waals surface area contributed by atoms with Crippen LogP contribution < -0.4 is 0 Å². The second-order valence-corrected chi connectivity index (χ2v) is 3.85. The standard InChI is InChI=1S/C12H18O6/c1-15-11(13)17-9-7-5-3-4-6-8-10(9)18-12(14)16-2/h3-4,9-10H,5-8H2,1-2H3. The third kappa shape index (κ3) is 4.65. The Labute approximate surface area is 106 Å². The van der Waals surface area contributed by atoms with Gasteiger partial charge < -0.3 is 18.9 Å². The van der Waals surface area contributed by atoms with Crippen LogP contribution in [0.25, 0.3) is 0 Å². The zero-order valence-electron chi connectivity index (χ0n) is 10.6. The first-order chi connectivity index (χ1) is 8.67. The van der Waals surface area contributed by atoms with Gasteiger partial charge in [-0.05, 0) is 25.7 Å². The highest BCUT2D eigenvalue weighted by Crippen LogP contribution is 2.20. The number of hydrogen-bond donors (Lipinski definition) is 0. The summed E-state index contributed by atoms with van der Waals surface area (Å²) in [6.07, 6.45) is 4.12. The van der Waals surface area contributed by atoms with Crippen molar-refractivity contribution in [3.63, 3.8) is 0 Å². The number of methoxy groups -OCH3 is 2. The van der Waals surface area contributed by atoms with Gasteiger partial charge in [-0.25, -0.2) is 9.59 Å². The number of carbonyl (C=O) groups is 2. The van der Waals surface area contributed by atoms with Crippen molar-refractivity contribution < 1.29 is 28.5 Å². The van der Waals surface area contributed by atoms with Gasteiger partial charge in [0.2, 0.25) is 0 Å². The van der Waals surface area contributed by atoms with E-state index in [4.69, 9.17) is 9.47 Å². The predicted molar refractivity (Wildman–Crippen MR) is 62.2 cm³/mol. The highest BCUT2D eigenvalue weighted by molar-refractivity contribution is 5.61. The number of rotatable bonds is 2. The van der Waals surface area contributed by atoms with E-state index in [1.54, 1.807) is 0 Å². The van der Waals surface area contributed by atoms with Gasteiger partial charge in [0.05, 0.1) is 14.2 Å². The van der Waals surface area contributed by atoms with Crippen LogP contribution in [-0.2, 0) is 18.9 Å². The van der Waals surface area contributed by atoms with Gasteiger partial charge in [-0.1, -0.05) is 12.2 Å². The van der Waals surface area contributed by atoms with E-state index in [0.717, 1.165) is 12.8 Å². The molecule has 0 bridgehead atoms. The van der Waals surface area contributed by atoms with Crippen LogP contribution in [-0.4, -0.2) is 38.7 Å². The molecule has 0 aliphatic heterocycles. The first kappa shape index (κ1) is 14.3. The molecular weight excluding hydrogens is 240 g/mol. The largest absolute Gasteiger partial charge is 0.508 e. The fourth-order valence-electron chi connectivity index (χ4n) is 1.74. The summed E-state index contributed by atoms with van der Waals surface area (Å²) in [5.41, 5.74) is 0. The van der Waals surface area contributed by atoms with Gasteiger partial charge in [0.1, 0.15) is 12.2 Å². The van der Waals surface area contributed by atoms with E-state index in [2.05, 4.69) is 9.47 Å². The molecule has 1 rings (SSSR count). The molecule has 2 atom stereocenters. The fourth-order valence-corrected chi connectivity index (χ4v) is 1.74. The Kier molecular flexibility index (Phi) is 6.04. The normalized spacial score (nSPS) is 23.4. The maximum absolute atomic E-state index is 11.1. The minimum Gasteiger partial charge on any atom is -0.438 e. The van der Waals surface area contributed by atoms with Gasteiger partial charge >= 0.3 is 12.3 Å². The molecule has 0 spiro atoms. The summed E-state index contributed by atoms with van der Waals surface area (Å²) in [4.78, 5) is 22.3. The molecule has 0 heterocycles. The zero-order valence-corrected chi connectivity index (χ0v) is 10.6. The van der Waals surface area contributed by atoms with Crippen LogP contribution in [0.15, 0.2) is 12.2 Å². The first-order valence-corrected chi connectivity index (χ1v) is 5.81. The minimum atomic E-state index is -0.775. The van der Waals surface area contributed by atoms with Crippen molar-refractivity contribution in [2.75, 3.05) is 14.2 Å². The minimum absolute atomic E-state index is 0.513. The SMILES string of the molecule is COC(=O)OC1CCC=CCCC1OC(=O)OC. The molecule has 6 heteroatoms. The van der Waals surface area contributed by atoms with E-state index in [0.29, 0.717) is 12.8 Å². The van der Waals surface area contributed by atoms with Gasteiger partial charge in [-0.3, -0.25) is 0 Å². The molecule has 6 nitrogen and oxygen atoms in total. The van der Waals surface area contributed by atoms with Crippen molar-refractivity contribution in [2.24, 2.45) is 0 Å². The lowest BCUT2D eigenvalue weighted by molar-refractivity contribution is -0.0537. The van der Waals surface area contributed by atoms with Crippen LogP contribution in [0, 0.1) is 0 Å². The average Bonchev–Trinajstić information content (AvgIpc) is 2.36. The molecule has 0 N–H and O–H groups in total. The van der Waals surface area contributed by atoms with Gasteiger partial charge in [0.15, 0.2) is 0 Å². The molecule has 0 amide bonds. The lowest BCUT2D eigenvalue weighted by Crippen LogP contribution is -2.35. The summed E-state index contributed by atoms with van der Waals surface area (Å²) in [5, 5.41) is 0. The molecule has 0 aromatic rings. The molecule has 0 saturated heterocycles. The monoisotopic (exact) mass is 258 g/mol. The van der Waals surface area contributed by atoms with E-state index in [-0.39, 0.29) is 0 Å². The number of allylic oxidation sites excluding steroid dienone is 2. The van der Waals surface area contributed by atoms with E-state index in [1.165, 1.54) is 14.2 Å². The average molecular weight is 258 g/mol. The summed E-state index contributed by atoms with van der Waals surface area (Å²) in [7, 11) is 2.47. The topological polar surface area (TPSA) is 71.1 Å². The van der Waals surface area contributed by atoms with Crippen LogP contribution in [0.5, 0.6) is 0 Å². The van der Waals surface area contributed by atoms with Crippen molar-refractivity contribution in [3.8, 4) is 0 Å². The van der Waals surface area contributed by atoms with Crippen molar-refractivity contribution in [1.29, 1.82) is 0 Å². The van der Waals surface area contributed by atoms with E-state index in [9.17, 15) is 9.59 Å². The Balaban J connectivity index is 2.66. The zero-order chi connectivity index (χ0) is 13.4. The highest BCUT2D eigenvalue weighted by Gasteiger charge is 2.29. The summed E-state index contributed by atoms with van der Waals surface area (Å²) in [6, 6.07) is 0. The molecule has 0 aromatic carbocycles. The van der Waals surface area contributed by atoms with Crippen LogP contribution in [0.1, 0.15) is 25.7 Å². The van der Waals surface area contributed by atoms with E-state index in [1.807, 2.05) is 12.2 Å². The van der Waals surface area contributed by atoms with Crippen LogP contribution in [0.4, 0.5) is 9.59 Å². The van der Waals surface area contributed by atoms with Crippen molar-refractivity contribution in [2.45, 2.75) is 37.9 Å². The maximum atomic E-state index is 11.1. The third-order valence-corrected chi connectivity index (χ3v) is 2.65. The molecule has 102 valence electrons. The molecule has 0 saturated carbocycles. The number of ether oxygens (including phenoxy) is 4. The summed E-state index contributed by atoms with van der Waals surface area (Å²) in [6.45, 7) is 0. The quantitative estimate of drug-likeness (QED) is 0.559. The van der Waals surface area contributed by atoms with Gasteiger partial charge in [-0.2, -0.15) is 0 Å². The smallest absolute Gasteiger partial charge is 0.438 e. The molecule has 0 fully saturated rings. The molecular formula is C12H18O6. The Hall–Kier alpha value is -1.72. The van der Waals surface area contributed by atoms with Crippen LogP contribution in [0.3, 0.4) is 0 Å². The molecule has 18 heavy (non-hydrogen) atoms. The van der Waals surface area contributed by atoms with Crippen LogP contribution >= 0.6 is 0 Å². The molecule has 0 radical (unpaired) electrons.